The predicted octanol–water partition coefficient (Wildman–Crippen LogP) is 1.97. The van der Waals surface area contributed by atoms with E-state index in [4.69, 9.17) is 11.6 Å². The molecule has 1 atom stereocenters. The van der Waals surface area contributed by atoms with Crippen LogP contribution in [0.2, 0.25) is 5.15 Å². The highest BCUT2D eigenvalue weighted by Gasteiger charge is 2.20. The van der Waals surface area contributed by atoms with Crippen LogP contribution >= 0.6 is 11.6 Å². The van der Waals surface area contributed by atoms with Crippen LogP contribution in [0, 0.1) is 0 Å². The molecule has 0 aliphatic carbocycles. The first-order chi connectivity index (χ1) is 7.91. The first kappa shape index (κ1) is 13.9. The van der Waals surface area contributed by atoms with Crippen molar-refractivity contribution in [3.8, 4) is 0 Å². The highest BCUT2D eigenvalue weighted by Crippen LogP contribution is 2.12. The smallest absolute Gasteiger partial charge is 0.254 e. The topological polar surface area (TPSA) is 53.4 Å². The molecular weight excluding hydrogens is 240 g/mol. The monoisotopic (exact) mass is 256 g/mol. The largest absolute Gasteiger partial charge is 0.392 e. The molecule has 5 heteroatoms. The SMILES string of the molecule is CC(O)CN(C(=O)c1ccnc(Cl)c1)C(C)C. The van der Waals surface area contributed by atoms with Crippen molar-refractivity contribution in [3.05, 3.63) is 29.0 Å². The van der Waals surface area contributed by atoms with Gasteiger partial charge in [-0.15, -0.1) is 0 Å². The van der Waals surface area contributed by atoms with Gasteiger partial charge in [0.05, 0.1) is 6.10 Å². The molecule has 1 amide bonds. The van der Waals surface area contributed by atoms with Crippen molar-refractivity contribution in [1.82, 2.24) is 9.88 Å². The Balaban J connectivity index is 2.92. The van der Waals surface area contributed by atoms with E-state index >= 15 is 0 Å². The first-order valence-corrected chi connectivity index (χ1v) is 5.90. The predicted molar refractivity (Wildman–Crippen MR) is 67.1 cm³/mol. The third-order valence-corrected chi connectivity index (χ3v) is 2.53. The Morgan fingerprint density at radius 1 is 1.53 bits per heavy atom. The van der Waals surface area contributed by atoms with Crippen LogP contribution in [0.25, 0.3) is 0 Å². The van der Waals surface area contributed by atoms with Gasteiger partial charge in [-0.1, -0.05) is 11.6 Å². The molecule has 0 saturated carbocycles. The van der Waals surface area contributed by atoms with Crippen molar-refractivity contribution in [1.29, 1.82) is 0 Å². The Morgan fingerprint density at radius 3 is 2.65 bits per heavy atom. The van der Waals surface area contributed by atoms with E-state index in [1.807, 2.05) is 13.8 Å². The number of halogens is 1. The minimum Gasteiger partial charge on any atom is -0.392 e. The van der Waals surface area contributed by atoms with Crippen LogP contribution in [0.15, 0.2) is 18.3 Å². The van der Waals surface area contributed by atoms with Gasteiger partial charge in [-0.25, -0.2) is 4.98 Å². The van der Waals surface area contributed by atoms with Crippen LogP contribution < -0.4 is 0 Å². The minimum absolute atomic E-state index is 0.0176. The van der Waals surface area contributed by atoms with E-state index in [2.05, 4.69) is 4.98 Å². The van der Waals surface area contributed by atoms with Crippen molar-refractivity contribution in [2.75, 3.05) is 6.54 Å². The number of amides is 1. The molecule has 1 heterocycles. The van der Waals surface area contributed by atoms with Crippen LogP contribution in [0.4, 0.5) is 0 Å². The van der Waals surface area contributed by atoms with Crippen molar-refractivity contribution >= 4 is 17.5 Å². The molecule has 17 heavy (non-hydrogen) atoms. The molecule has 1 N–H and O–H groups in total. The van der Waals surface area contributed by atoms with Crippen LogP contribution in [0.5, 0.6) is 0 Å². The zero-order valence-electron chi connectivity index (χ0n) is 10.2. The third-order valence-electron chi connectivity index (χ3n) is 2.32. The molecule has 0 radical (unpaired) electrons. The Hall–Kier alpha value is -1.13. The maximum absolute atomic E-state index is 12.2. The summed E-state index contributed by atoms with van der Waals surface area (Å²) in [6.45, 7) is 5.77. The normalized spacial score (nSPS) is 12.6. The average Bonchev–Trinajstić information content (AvgIpc) is 2.24. The van der Waals surface area contributed by atoms with E-state index in [-0.39, 0.29) is 17.1 Å². The van der Waals surface area contributed by atoms with Gasteiger partial charge in [0, 0.05) is 24.3 Å². The lowest BCUT2D eigenvalue weighted by Crippen LogP contribution is -2.41. The Labute approximate surface area is 106 Å². The number of aliphatic hydroxyl groups excluding tert-OH is 1. The second-order valence-corrected chi connectivity index (χ2v) is 4.65. The summed E-state index contributed by atoms with van der Waals surface area (Å²) in [5.41, 5.74) is 0.486. The van der Waals surface area contributed by atoms with Crippen molar-refractivity contribution in [2.45, 2.75) is 32.9 Å². The van der Waals surface area contributed by atoms with E-state index < -0.39 is 6.10 Å². The molecule has 94 valence electrons. The number of nitrogens with zero attached hydrogens (tertiary/aromatic N) is 2. The summed E-state index contributed by atoms with van der Waals surface area (Å²) < 4.78 is 0. The second kappa shape index (κ2) is 5.98. The number of hydrogen-bond acceptors (Lipinski definition) is 3. The number of rotatable bonds is 4. The van der Waals surface area contributed by atoms with Crippen molar-refractivity contribution in [2.24, 2.45) is 0 Å². The van der Waals surface area contributed by atoms with E-state index in [0.717, 1.165) is 0 Å². The molecule has 0 aliphatic heterocycles. The number of carbonyl (C=O) groups is 1. The minimum atomic E-state index is -0.557. The maximum atomic E-state index is 12.2. The highest BCUT2D eigenvalue weighted by atomic mass is 35.5. The van der Waals surface area contributed by atoms with Gasteiger partial charge < -0.3 is 10.0 Å². The zero-order valence-corrected chi connectivity index (χ0v) is 11.0. The molecule has 4 nitrogen and oxygen atoms in total. The lowest BCUT2D eigenvalue weighted by atomic mass is 10.2. The molecule has 0 fully saturated rings. The van der Waals surface area contributed by atoms with Gasteiger partial charge >= 0.3 is 0 Å². The third kappa shape index (κ3) is 3.98. The Kier molecular flexibility index (Phi) is 4.90. The van der Waals surface area contributed by atoms with Gasteiger partial charge in [0.2, 0.25) is 0 Å². The van der Waals surface area contributed by atoms with Gasteiger partial charge in [0.25, 0.3) is 5.91 Å². The molecule has 0 saturated heterocycles. The van der Waals surface area contributed by atoms with Crippen molar-refractivity contribution in [3.63, 3.8) is 0 Å². The van der Waals surface area contributed by atoms with Gasteiger partial charge in [0.15, 0.2) is 0 Å². The quantitative estimate of drug-likeness (QED) is 0.838. The molecule has 0 spiro atoms. The van der Waals surface area contributed by atoms with Gasteiger partial charge in [-0.05, 0) is 32.9 Å². The molecule has 1 aromatic rings. The van der Waals surface area contributed by atoms with Gasteiger partial charge in [0.1, 0.15) is 5.15 Å². The number of pyridine rings is 1. The van der Waals surface area contributed by atoms with E-state index in [1.54, 1.807) is 17.9 Å². The molecule has 1 rings (SSSR count). The first-order valence-electron chi connectivity index (χ1n) is 5.52. The lowest BCUT2D eigenvalue weighted by Gasteiger charge is -2.28. The fraction of sp³-hybridized carbons (Fsp3) is 0.500. The number of aromatic nitrogens is 1. The summed E-state index contributed by atoms with van der Waals surface area (Å²) in [4.78, 5) is 17.6. The molecule has 0 aliphatic rings. The summed E-state index contributed by atoms with van der Waals surface area (Å²) in [7, 11) is 0. The second-order valence-electron chi connectivity index (χ2n) is 4.27. The number of carbonyl (C=O) groups excluding carboxylic acids is 1. The van der Waals surface area contributed by atoms with Crippen LogP contribution in [0.3, 0.4) is 0 Å². The zero-order chi connectivity index (χ0) is 13.0. The van der Waals surface area contributed by atoms with E-state index in [9.17, 15) is 9.90 Å². The van der Waals surface area contributed by atoms with Crippen molar-refractivity contribution < 1.29 is 9.90 Å². The van der Waals surface area contributed by atoms with Gasteiger partial charge in [-0.2, -0.15) is 0 Å². The lowest BCUT2D eigenvalue weighted by molar-refractivity contribution is 0.0578. The standard InChI is InChI=1S/C12H17ClN2O2/c1-8(2)15(7-9(3)16)12(17)10-4-5-14-11(13)6-10/h4-6,8-9,16H,7H2,1-3H3. The fourth-order valence-corrected chi connectivity index (χ4v) is 1.69. The van der Waals surface area contributed by atoms with E-state index in [0.29, 0.717) is 12.1 Å². The number of hydrogen-bond donors (Lipinski definition) is 1. The van der Waals surface area contributed by atoms with Crippen LogP contribution in [-0.2, 0) is 0 Å². The summed E-state index contributed by atoms with van der Waals surface area (Å²) in [5.74, 6) is -0.148. The summed E-state index contributed by atoms with van der Waals surface area (Å²) in [5, 5.41) is 9.68. The van der Waals surface area contributed by atoms with Crippen LogP contribution in [0.1, 0.15) is 31.1 Å². The van der Waals surface area contributed by atoms with E-state index in [1.165, 1.54) is 12.3 Å². The van der Waals surface area contributed by atoms with Crippen LogP contribution in [-0.4, -0.2) is 39.6 Å². The summed E-state index contributed by atoms with van der Waals surface area (Å²) in [6.07, 6.45) is 0.940. The highest BCUT2D eigenvalue weighted by molar-refractivity contribution is 6.29. The molecular formula is C12H17ClN2O2. The average molecular weight is 257 g/mol. The van der Waals surface area contributed by atoms with Gasteiger partial charge in [-0.3, -0.25) is 4.79 Å². The molecule has 1 aromatic heterocycles. The molecule has 1 unspecified atom stereocenters. The Bertz CT molecular complexity index is 394. The maximum Gasteiger partial charge on any atom is 0.254 e. The summed E-state index contributed by atoms with van der Waals surface area (Å²) in [6, 6.07) is 3.16. The number of aliphatic hydroxyl groups is 1. The molecule has 0 aromatic carbocycles. The molecule has 0 bridgehead atoms. The fourth-order valence-electron chi connectivity index (χ4n) is 1.51. The summed E-state index contributed by atoms with van der Waals surface area (Å²) >= 11 is 5.75. The Morgan fingerprint density at radius 2 is 2.18 bits per heavy atom.